The van der Waals surface area contributed by atoms with Crippen LogP contribution in [0.2, 0.25) is 0 Å². The van der Waals surface area contributed by atoms with Crippen molar-refractivity contribution in [1.29, 1.82) is 5.26 Å². The molecule has 33 heavy (non-hydrogen) atoms. The summed E-state index contributed by atoms with van der Waals surface area (Å²) in [6.45, 7) is 10.1. The molecule has 174 valence electrons. The number of nitriles is 1. The molecule has 0 spiro atoms. The van der Waals surface area contributed by atoms with Crippen LogP contribution in [-0.4, -0.2) is 25.0 Å². The van der Waals surface area contributed by atoms with Gasteiger partial charge in [0.05, 0.1) is 7.11 Å². The third-order valence-electron chi connectivity index (χ3n) is 4.95. The Hall–Kier alpha value is -3.59. The van der Waals surface area contributed by atoms with Crippen molar-refractivity contribution in [3.05, 3.63) is 64.7 Å². The number of carbonyl (C=O) groups is 2. The SMILES string of the molecule is COc1cc(/C=C(\C#N)C(=O)NC(C)C)ccc1OC(=O)CCc1ccc(C(C)(C)C)cc1. The number of esters is 1. The van der Waals surface area contributed by atoms with Gasteiger partial charge in [-0.3, -0.25) is 9.59 Å². The first-order chi connectivity index (χ1) is 15.5. The lowest BCUT2D eigenvalue weighted by atomic mass is 9.86. The maximum Gasteiger partial charge on any atom is 0.311 e. The summed E-state index contributed by atoms with van der Waals surface area (Å²) >= 11 is 0. The molecule has 0 aliphatic rings. The monoisotopic (exact) mass is 448 g/mol. The molecule has 6 nitrogen and oxygen atoms in total. The van der Waals surface area contributed by atoms with Gasteiger partial charge in [0.2, 0.25) is 0 Å². The predicted octanol–water partition coefficient (Wildman–Crippen LogP) is 4.96. The molecule has 2 aromatic rings. The van der Waals surface area contributed by atoms with Crippen LogP contribution >= 0.6 is 0 Å². The van der Waals surface area contributed by atoms with Gasteiger partial charge in [-0.1, -0.05) is 51.1 Å². The van der Waals surface area contributed by atoms with Crippen molar-refractivity contribution in [2.24, 2.45) is 0 Å². The molecule has 1 N–H and O–H groups in total. The minimum atomic E-state index is -0.447. The molecule has 0 saturated carbocycles. The molecule has 1 amide bonds. The van der Waals surface area contributed by atoms with E-state index in [0.717, 1.165) is 5.56 Å². The van der Waals surface area contributed by atoms with Crippen molar-refractivity contribution in [3.63, 3.8) is 0 Å². The summed E-state index contributed by atoms with van der Waals surface area (Å²) in [6.07, 6.45) is 2.27. The fourth-order valence-electron chi connectivity index (χ4n) is 3.10. The topological polar surface area (TPSA) is 88.4 Å². The van der Waals surface area contributed by atoms with Crippen molar-refractivity contribution >= 4 is 18.0 Å². The van der Waals surface area contributed by atoms with Gasteiger partial charge in [-0.2, -0.15) is 5.26 Å². The number of benzene rings is 2. The normalized spacial score (nSPS) is 11.6. The van der Waals surface area contributed by atoms with Gasteiger partial charge in [-0.15, -0.1) is 0 Å². The number of ether oxygens (including phenoxy) is 2. The number of nitrogens with zero attached hydrogens (tertiary/aromatic N) is 1. The summed E-state index contributed by atoms with van der Waals surface area (Å²) in [4.78, 5) is 24.5. The Bertz CT molecular complexity index is 1060. The lowest BCUT2D eigenvalue weighted by Crippen LogP contribution is -2.30. The molecule has 0 atom stereocenters. The van der Waals surface area contributed by atoms with Crippen molar-refractivity contribution in [1.82, 2.24) is 5.32 Å². The third kappa shape index (κ3) is 7.80. The van der Waals surface area contributed by atoms with Crippen molar-refractivity contribution in [3.8, 4) is 17.6 Å². The first kappa shape index (κ1) is 25.7. The molecule has 0 heterocycles. The average Bonchev–Trinajstić information content (AvgIpc) is 2.76. The lowest BCUT2D eigenvalue weighted by Gasteiger charge is -2.19. The van der Waals surface area contributed by atoms with Gasteiger partial charge < -0.3 is 14.8 Å². The Morgan fingerprint density at radius 2 is 1.76 bits per heavy atom. The Labute approximate surface area is 196 Å². The zero-order chi connectivity index (χ0) is 24.6. The van der Waals surface area contributed by atoms with Crippen LogP contribution in [0.25, 0.3) is 6.08 Å². The number of nitrogens with one attached hydrogen (secondary N) is 1. The highest BCUT2D eigenvalue weighted by atomic mass is 16.6. The molecule has 2 rings (SSSR count). The van der Waals surface area contributed by atoms with Crippen LogP contribution in [0.3, 0.4) is 0 Å². The van der Waals surface area contributed by atoms with E-state index in [9.17, 15) is 14.9 Å². The average molecular weight is 449 g/mol. The summed E-state index contributed by atoms with van der Waals surface area (Å²) in [5, 5.41) is 12.0. The van der Waals surface area contributed by atoms with Crippen molar-refractivity contribution in [2.45, 2.75) is 58.9 Å². The van der Waals surface area contributed by atoms with E-state index in [1.807, 2.05) is 32.0 Å². The molecule has 0 fully saturated rings. The van der Waals surface area contributed by atoms with Gasteiger partial charge in [0.25, 0.3) is 5.91 Å². The van der Waals surface area contributed by atoms with E-state index in [1.165, 1.54) is 18.7 Å². The highest BCUT2D eigenvalue weighted by Gasteiger charge is 2.15. The fourth-order valence-corrected chi connectivity index (χ4v) is 3.10. The van der Waals surface area contributed by atoms with Crippen LogP contribution in [0.1, 0.15) is 57.7 Å². The lowest BCUT2D eigenvalue weighted by molar-refractivity contribution is -0.134. The number of hydrogen-bond donors (Lipinski definition) is 1. The van der Waals surface area contributed by atoms with Gasteiger partial charge in [0, 0.05) is 12.5 Å². The van der Waals surface area contributed by atoms with Gasteiger partial charge >= 0.3 is 5.97 Å². The molecule has 0 aromatic heterocycles. The van der Waals surface area contributed by atoms with E-state index in [4.69, 9.17) is 9.47 Å². The minimum Gasteiger partial charge on any atom is -0.493 e. The standard InChI is InChI=1S/C27H32N2O4/c1-18(2)29-26(31)21(17-28)15-20-9-13-23(24(16-20)32-6)33-25(30)14-10-19-7-11-22(12-8-19)27(3,4)5/h7-9,11-13,15-16,18H,10,14H2,1-6H3,(H,29,31)/b21-15+. The second-order valence-electron chi connectivity index (χ2n) is 9.13. The molecular weight excluding hydrogens is 416 g/mol. The zero-order valence-corrected chi connectivity index (χ0v) is 20.2. The third-order valence-corrected chi connectivity index (χ3v) is 4.95. The summed E-state index contributed by atoms with van der Waals surface area (Å²) in [6, 6.07) is 15.0. The van der Waals surface area contributed by atoms with Crippen LogP contribution in [0.5, 0.6) is 11.5 Å². The molecule has 2 aromatic carbocycles. The van der Waals surface area contributed by atoms with Gasteiger partial charge in [0.15, 0.2) is 11.5 Å². The Balaban J connectivity index is 2.06. The Morgan fingerprint density at radius 3 is 2.30 bits per heavy atom. The van der Waals surface area contributed by atoms with E-state index < -0.39 is 5.91 Å². The van der Waals surface area contributed by atoms with Crippen LogP contribution in [0.4, 0.5) is 0 Å². The Morgan fingerprint density at radius 1 is 1.09 bits per heavy atom. The van der Waals surface area contributed by atoms with Crippen molar-refractivity contribution < 1.29 is 19.1 Å². The largest absolute Gasteiger partial charge is 0.493 e. The number of hydrogen-bond acceptors (Lipinski definition) is 5. The quantitative estimate of drug-likeness (QED) is 0.267. The van der Waals surface area contributed by atoms with E-state index >= 15 is 0 Å². The molecule has 0 aliphatic heterocycles. The van der Waals surface area contributed by atoms with Crippen molar-refractivity contribution in [2.75, 3.05) is 7.11 Å². The molecule has 0 bridgehead atoms. The van der Waals surface area contributed by atoms with E-state index in [2.05, 4.69) is 38.2 Å². The second kappa shape index (κ2) is 11.3. The maximum absolute atomic E-state index is 12.4. The minimum absolute atomic E-state index is 0.0204. The first-order valence-electron chi connectivity index (χ1n) is 10.9. The summed E-state index contributed by atoms with van der Waals surface area (Å²) < 4.78 is 10.8. The molecular formula is C27H32N2O4. The van der Waals surface area contributed by atoms with Crippen LogP contribution in [0.15, 0.2) is 48.0 Å². The van der Waals surface area contributed by atoms with Gasteiger partial charge in [-0.05, 0) is 60.6 Å². The Kier molecular flexibility index (Phi) is 8.81. The summed E-state index contributed by atoms with van der Waals surface area (Å²) in [5.41, 5.74) is 2.96. The molecule has 6 heteroatoms. The number of amides is 1. The molecule has 0 radical (unpaired) electrons. The summed E-state index contributed by atoms with van der Waals surface area (Å²) in [5.74, 6) is -0.191. The van der Waals surface area contributed by atoms with E-state index in [0.29, 0.717) is 17.7 Å². The molecule has 0 saturated heterocycles. The second-order valence-corrected chi connectivity index (χ2v) is 9.13. The van der Waals surface area contributed by atoms with Crippen LogP contribution in [-0.2, 0) is 21.4 Å². The van der Waals surface area contributed by atoms with Gasteiger partial charge in [-0.25, -0.2) is 0 Å². The van der Waals surface area contributed by atoms with E-state index in [1.54, 1.807) is 18.2 Å². The smallest absolute Gasteiger partial charge is 0.311 e. The molecule has 0 aliphatic carbocycles. The van der Waals surface area contributed by atoms with Crippen LogP contribution < -0.4 is 14.8 Å². The fraction of sp³-hybridized carbons (Fsp3) is 0.370. The maximum atomic E-state index is 12.4. The number of rotatable bonds is 8. The number of aryl methyl sites for hydroxylation is 1. The number of methoxy groups -OCH3 is 1. The number of carbonyl (C=O) groups excluding carboxylic acids is 2. The predicted molar refractivity (Wildman–Crippen MR) is 129 cm³/mol. The van der Waals surface area contributed by atoms with Gasteiger partial charge in [0.1, 0.15) is 11.6 Å². The van der Waals surface area contributed by atoms with Crippen LogP contribution in [0, 0.1) is 11.3 Å². The van der Waals surface area contributed by atoms with E-state index in [-0.39, 0.29) is 35.2 Å². The highest BCUT2D eigenvalue weighted by molar-refractivity contribution is 6.01. The summed E-state index contributed by atoms with van der Waals surface area (Å²) in [7, 11) is 1.47. The highest BCUT2D eigenvalue weighted by Crippen LogP contribution is 2.29. The molecule has 0 unspecified atom stereocenters. The first-order valence-corrected chi connectivity index (χ1v) is 10.9. The zero-order valence-electron chi connectivity index (χ0n) is 20.2.